The minimum atomic E-state index is -3.68. The molecule has 14 heavy (non-hydrogen) atoms. The first-order valence-electron chi connectivity index (χ1n) is 3.72. The van der Waals surface area contributed by atoms with E-state index in [0.29, 0.717) is 0 Å². The quantitative estimate of drug-likeness (QED) is 0.441. The molecule has 1 aromatic carbocycles. The van der Waals surface area contributed by atoms with E-state index in [0.717, 1.165) is 0 Å². The Hall–Kier alpha value is -0.313. The molecule has 1 rings (SSSR count). The molecule has 0 bridgehead atoms. The Morgan fingerprint density at radius 3 is 2.36 bits per heavy atom. The van der Waals surface area contributed by atoms with Crippen molar-refractivity contribution in [3.63, 3.8) is 0 Å². The summed E-state index contributed by atoms with van der Waals surface area (Å²) in [5.41, 5.74) is 0. The van der Waals surface area contributed by atoms with Gasteiger partial charge in [0.2, 0.25) is 0 Å². The van der Waals surface area contributed by atoms with E-state index in [1.165, 1.54) is 12.1 Å². The second kappa shape index (κ2) is 6.22. The van der Waals surface area contributed by atoms with Crippen LogP contribution < -0.4 is 18.9 Å². The monoisotopic (exact) mass is 210 g/mol. The van der Waals surface area contributed by atoms with Gasteiger partial charge < -0.3 is 6.53 Å². The van der Waals surface area contributed by atoms with E-state index in [-0.39, 0.29) is 38.4 Å². The molecule has 6 heteroatoms. The van der Waals surface area contributed by atoms with Crippen LogP contribution in [0.4, 0.5) is 0 Å². The first-order chi connectivity index (χ1) is 6.17. The summed E-state index contributed by atoms with van der Waals surface area (Å²) in [6.07, 6.45) is 0. The van der Waals surface area contributed by atoms with Gasteiger partial charge in [-0.1, -0.05) is 18.2 Å². The van der Waals surface area contributed by atoms with E-state index in [4.69, 9.17) is 5.11 Å². The normalized spacial score (nSPS) is 10.6. The number of aliphatic hydroxyl groups is 1. The van der Waals surface area contributed by atoms with Crippen LogP contribution in [0.1, 0.15) is 1.43 Å². The molecule has 0 saturated heterocycles. The molecule has 0 spiro atoms. The van der Waals surface area contributed by atoms with Crippen molar-refractivity contribution in [3.05, 3.63) is 30.3 Å². The predicted octanol–water partition coefficient (Wildman–Crippen LogP) is -2.50. The Kier molecular flexibility index (Phi) is 6.08. The van der Waals surface area contributed by atoms with Gasteiger partial charge in [0.1, 0.15) is 0 Å². The summed E-state index contributed by atoms with van der Waals surface area (Å²) >= 11 is 0. The molecule has 0 aliphatic carbocycles. The van der Waals surface area contributed by atoms with Gasteiger partial charge >= 0.3 is 18.9 Å². The first kappa shape index (κ1) is 13.7. The number of benzene rings is 1. The zero-order valence-corrected chi connectivity index (χ0v) is 8.70. The topological polar surface area (TPSA) is 63.6 Å². The van der Waals surface area contributed by atoms with E-state index in [1.54, 1.807) is 18.2 Å². The van der Waals surface area contributed by atoms with Crippen LogP contribution in [0.2, 0.25) is 0 Å². The van der Waals surface area contributed by atoms with Crippen molar-refractivity contribution in [2.45, 2.75) is 4.90 Å². The van der Waals surface area contributed by atoms with Gasteiger partial charge in [0.25, 0.3) is 10.1 Å². The summed E-state index contributed by atoms with van der Waals surface area (Å²) in [5, 5.41) is 8.39. The molecule has 74 valence electrons. The minimum Gasteiger partial charge on any atom is -1.00 e. The number of hydrogen-bond donors (Lipinski definition) is 1. The van der Waals surface area contributed by atoms with Crippen LogP contribution in [0, 0.1) is 0 Å². The molecular formula is C8H11LiO4S. The molecule has 1 aromatic rings. The van der Waals surface area contributed by atoms with Gasteiger partial charge in [0.15, 0.2) is 0 Å². The molecule has 0 fully saturated rings. The van der Waals surface area contributed by atoms with Crippen LogP contribution in [0.5, 0.6) is 0 Å². The van der Waals surface area contributed by atoms with Crippen LogP contribution in [0.15, 0.2) is 35.2 Å². The van der Waals surface area contributed by atoms with E-state index < -0.39 is 10.1 Å². The fourth-order valence-electron chi connectivity index (χ4n) is 0.802. The molecule has 0 saturated carbocycles. The van der Waals surface area contributed by atoms with Crippen LogP contribution in [-0.2, 0) is 14.3 Å². The third kappa shape index (κ3) is 3.82. The zero-order valence-electron chi connectivity index (χ0n) is 8.88. The molecule has 0 atom stereocenters. The summed E-state index contributed by atoms with van der Waals surface area (Å²) in [7, 11) is -3.68. The predicted molar refractivity (Wildman–Crippen MR) is 47.8 cm³/mol. The van der Waals surface area contributed by atoms with Crippen molar-refractivity contribution in [2.24, 2.45) is 0 Å². The molecule has 0 aliphatic heterocycles. The van der Waals surface area contributed by atoms with Gasteiger partial charge in [-0.15, -0.1) is 0 Å². The average molecular weight is 210 g/mol. The molecule has 0 heterocycles. The van der Waals surface area contributed by atoms with E-state index in [1.807, 2.05) is 0 Å². The number of rotatable bonds is 4. The summed E-state index contributed by atoms with van der Waals surface area (Å²) < 4.78 is 27.0. The van der Waals surface area contributed by atoms with E-state index in [9.17, 15) is 8.42 Å². The maximum absolute atomic E-state index is 11.3. The van der Waals surface area contributed by atoms with Crippen molar-refractivity contribution in [2.75, 3.05) is 13.2 Å². The van der Waals surface area contributed by atoms with Crippen LogP contribution in [0.3, 0.4) is 0 Å². The molecule has 0 amide bonds. The molecule has 0 unspecified atom stereocenters. The molecule has 1 N–H and O–H groups in total. The fourth-order valence-corrected chi connectivity index (χ4v) is 1.72. The first-order valence-corrected chi connectivity index (χ1v) is 5.13. The third-order valence-corrected chi connectivity index (χ3v) is 2.69. The average Bonchev–Trinajstić information content (AvgIpc) is 2.16. The van der Waals surface area contributed by atoms with Crippen molar-refractivity contribution < 1.29 is 38.0 Å². The third-order valence-electron chi connectivity index (χ3n) is 1.36. The Morgan fingerprint density at radius 2 is 1.86 bits per heavy atom. The summed E-state index contributed by atoms with van der Waals surface area (Å²) in [4.78, 5) is 0.100. The summed E-state index contributed by atoms with van der Waals surface area (Å²) in [6, 6.07) is 7.80. The van der Waals surface area contributed by atoms with E-state index in [2.05, 4.69) is 4.18 Å². The second-order valence-electron chi connectivity index (χ2n) is 2.31. The Balaban J connectivity index is 0. The summed E-state index contributed by atoms with van der Waals surface area (Å²) in [5.74, 6) is 0. The van der Waals surface area contributed by atoms with Crippen molar-refractivity contribution in [3.8, 4) is 0 Å². The van der Waals surface area contributed by atoms with Crippen molar-refractivity contribution >= 4 is 10.1 Å². The molecule has 0 aromatic heterocycles. The maximum atomic E-state index is 11.3. The standard InChI is InChI=1S/C8H10O4S.Li.H/c9-6-7-12-13(10,11)8-4-2-1-3-5-8;;/h1-5,9H,6-7H2;;/q;+1;-1. The molecule has 0 aliphatic rings. The molecule has 0 radical (unpaired) electrons. The van der Waals surface area contributed by atoms with Gasteiger partial charge in [-0.05, 0) is 12.1 Å². The van der Waals surface area contributed by atoms with Crippen molar-refractivity contribution in [1.82, 2.24) is 0 Å². The van der Waals surface area contributed by atoms with Crippen LogP contribution in [0.25, 0.3) is 0 Å². The SMILES string of the molecule is O=S(=O)(OCCO)c1ccccc1.[H-].[Li+]. The van der Waals surface area contributed by atoms with E-state index >= 15 is 0 Å². The number of hydrogen-bond acceptors (Lipinski definition) is 4. The van der Waals surface area contributed by atoms with Gasteiger partial charge in [-0.25, -0.2) is 0 Å². The minimum absolute atomic E-state index is 0. The number of aliphatic hydroxyl groups excluding tert-OH is 1. The Morgan fingerprint density at radius 1 is 1.29 bits per heavy atom. The van der Waals surface area contributed by atoms with Crippen LogP contribution >= 0.6 is 0 Å². The van der Waals surface area contributed by atoms with Crippen molar-refractivity contribution in [1.29, 1.82) is 0 Å². The maximum Gasteiger partial charge on any atom is 1.00 e. The largest absolute Gasteiger partial charge is 1.00 e. The Bertz CT molecular complexity index is 354. The van der Waals surface area contributed by atoms with Gasteiger partial charge in [-0.3, -0.25) is 4.18 Å². The van der Waals surface area contributed by atoms with Gasteiger partial charge in [0, 0.05) is 0 Å². The molecular weight excluding hydrogens is 199 g/mol. The van der Waals surface area contributed by atoms with Gasteiger partial charge in [0.05, 0.1) is 18.1 Å². The summed E-state index contributed by atoms with van der Waals surface area (Å²) in [6.45, 7) is -0.525. The zero-order chi connectivity index (χ0) is 9.73. The molecule has 4 nitrogen and oxygen atoms in total. The van der Waals surface area contributed by atoms with Crippen LogP contribution in [-0.4, -0.2) is 26.7 Å². The van der Waals surface area contributed by atoms with Gasteiger partial charge in [-0.2, -0.15) is 8.42 Å². The fraction of sp³-hybridized carbons (Fsp3) is 0.250. The Labute approximate surface area is 96.7 Å². The second-order valence-corrected chi connectivity index (χ2v) is 3.93. The smallest absolute Gasteiger partial charge is 1.00 e.